The van der Waals surface area contributed by atoms with Crippen LogP contribution in [0.2, 0.25) is 0 Å². The molecule has 0 atom stereocenters. The van der Waals surface area contributed by atoms with Crippen molar-refractivity contribution in [1.82, 2.24) is 15.1 Å². The highest BCUT2D eigenvalue weighted by Gasteiger charge is 2.11. The molecule has 1 fully saturated rings. The second-order valence-corrected chi connectivity index (χ2v) is 6.50. The molecule has 1 aliphatic heterocycles. The summed E-state index contributed by atoms with van der Waals surface area (Å²) in [6.45, 7) is 8.03. The van der Waals surface area contributed by atoms with Crippen molar-refractivity contribution >= 4 is 21.4 Å². The van der Waals surface area contributed by atoms with E-state index in [4.69, 9.17) is 0 Å². The standard InChI is InChI=1S/C16H23N3S/c1-18(10-11-19-8-6-17-7-9-19)12-14-13-20-16-5-3-2-4-15(14)16/h2-5,13,17H,6-12H2,1H3. The summed E-state index contributed by atoms with van der Waals surface area (Å²) in [5.41, 5.74) is 1.47. The van der Waals surface area contributed by atoms with E-state index in [9.17, 15) is 0 Å². The topological polar surface area (TPSA) is 18.5 Å². The largest absolute Gasteiger partial charge is 0.314 e. The van der Waals surface area contributed by atoms with Crippen LogP contribution in [0.15, 0.2) is 29.6 Å². The summed E-state index contributed by atoms with van der Waals surface area (Å²) < 4.78 is 1.40. The summed E-state index contributed by atoms with van der Waals surface area (Å²) in [5, 5.41) is 7.14. The molecule has 1 aromatic carbocycles. The third-order valence-electron chi connectivity index (χ3n) is 4.01. The monoisotopic (exact) mass is 289 g/mol. The van der Waals surface area contributed by atoms with E-state index >= 15 is 0 Å². The van der Waals surface area contributed by atoms with Gasteiger partial charge in [0.15, 0.2) is 0 Å². The molecule has 1 aliphatic rings. The number of likely N-dealkylation sites (N-methyl/N-ethyl adjacent to an activating group) is 1. The molecule has 0 bridgehead atoms. The van der Waals surface area contributed by atoms with Gasteiger partial charge in [0.05, 0.1) is 0 Å². The van der Waals surface area contributed by atoms with Gasteiger partial charge in [-0.3, -0.25) is 4.90 Å². The van der Waals surface area contributed by atoms with Crippen molar-refractivity contribution in [3.63, 3.8) is 0 Å². The molecule has 3 rings (SSSR count). The number of hydrogen-bond donors (Lipinski definition) is 1. The first-order valence-corrected chi connectivity index (χ1v) is 8.27. The van der Waals surface area contributed by atoms with E-state index in [1.54, 1.807) is 0 Å². The van der Waals surface area contributed by atoms with Crippen LogP contribution in [0.4, 0.5) is 0 Å². The van der Waals surface area contributed by atoms with Crippen molar-refractivity contribution in [3.05, 3.63) is 35.2 Å². The lowest BCUT2D eigenvalue weighted by Gasteiger charge is -2.29. The highest BCUT2D eigenvalue weighted by atomic mass is 32.1. The molecule has 1 saturated heterocycles. The van der Waals surface area contributed by atoms with Crippen LogP contribution in [-0.2, 0) is 6.54 Å². The van der Waals surface area contributed by atoms with E-state index in [-0.39, 0.29) is 0 Å². The fourth-order valence-corrected chi connectivity index (χ4v) is 3.73. The first-order chi connectivity index (χ1) is 9.83. The molecule has 0 amide bonds. The van der Waals surface area contributed by atoms with Crippen molar-refractivity contribution in [2.24, 2.45) is 0 Å². The Kier molecular flexibility index (Phi) is 4.68. The number of piperazine rings is 1. The van der Waals surface area contributed by atoms with Crippen LogP contribution < -0.4 is 5.32 Å². The number of rotatable bonds is 5. The normalized spacial score (nSPS) is 17.1. The Balaban J connectivity index is 1.54. The third-order valence-corrected chi connectivity index (χ3v) is 5.02. The van der Waals surface area contributed by atoms with Crippen molar-refractivity contribution in [1.29, 1.82) is 0 Å². The lowest BCUT2D eigenvalue weighted by Crippen LogP contribution is -2.45. The van der Waals surface area contributed by atoms with Gasteiger partial charge < -0.3 is 10.2 Å². The van der Waals surface area contributed by atoms with Gasteiger partial charge in [0.1, 0.15) is 0 Å². The van der Waals surface area contributed by atoms with E-state index in [1.807, 2.05) is 11.3 Å². The molecule has 0 aliphatic carbocycles. The summed E-state index contributed by atoms with van der Waals surface area (Å²) in [7, 11) is 2.23. The molecule has 0 radical (unpaired) electrons. The Morgan fingerprint density at radius 1 is 1.25 bits per heavy atom. The van der Waals surface area contributed by atoms with Crippen LogP contribution in [0.5, 0.6) is 0 Å². The van der Waals surface area contributed by atoms with Crippen LogP contribution in [0, 0.1) is 0 Å². The molecular formula is C16H23N3S. The Labute approximate surface area is 125 Å². The van der Waals surface area contributed by atoms with Crippen LogP contribution in [0.3, 0.4) is 0 Å². The van der Waals surface area contributed by atoms with E-state index in [0.29, 0.717) is 0 Å². The minimum atomic E-state index is 1.05. The number of nitrogens with zero attached hydrogens (tertiary/aromatic N) is 2. The van der Waals surface area contributed by atoms with Crippen LogP contribution in [-0.4, -0.2) is 56.1 Å². The summed E-state index contributed by atoms with van der Waals surface area (Å²) >= 11 is 1.86. The predicted octanol–water partition coefficient (Wildman–Crippen LogP) is 2.24. The fourth-order valence-electron chi connectivity index (χ4n) is 2.77. The third kappa shape index (κ3) is 3.38. The molecule has 20 heavy (non-hydrogen) atoms. The van der Waals surface area contributed by atoms with Gasteiger partial charge in [-0.25, -0.2) is 0 Å². The van der Waals surface area contributed by atoms with Gasteiger partial charge in [0, 0.05) is 50.5 Å². The number of hydrogen-bond acceptors (Lipinski definition) is 4. The molecule has 108 valence electrons. The van der Waals surface area contributed by atoms with E-state index < -0.39 is 0 Å². The first-order valence-electron chi connectivity index (χ1n) is 7.39. The first kappa shape index (κ1) is 14.0. The molecule has 0 unspecified atom stereocenters. The van der Waals surface area contributed by atoms with E-state index in [0.717, 1.165) is 26.2 Å². The second kappa shape index (κ2) is 6.68. The maximum atomic E-state index is 3.40. The zero-order valence-electron chi connectivity index (χ0n) is 12.1. The maximum Gasteiger partial charge on any atom is 0.0346 e. The summed E-state index contributed by atoms with van der Waals surface area (Å²) in [6.07, 6.45) is 0. The van der Waals surface area contributed by atoms with Gasteiger partial charge >= 0.3 is 0 Å². The highest BCUT2D eigenvalue weighted by Crippen LogP contribution is 2.26. The summed E-state index contributed by atoms with van der Waals surface area (Å²) in [4.78, 5) is 5.00. The number of nitrogens with one attached hydrogen (secondary N) is 1. The Morgan fingerprint density at radius 2 is 2.05 bits per heavy atom. The van der Waals surface area contributed by atoms with Gasteiger partial charge in [-0.1, -0.05) is 18.2 Å². The molecule has 1 aromatic heterocycles. The predicted molar refractivity (Wildman–Crippen MR) is 87.5 cm³/mol. The smallest absolute Gasteiger partial charge is 0.0346 e. The highest BCUT2D eigenvalue weighted by molar-refractivity contribution is 7.17. The minimum absolute atomic E-state index is 1.05. The molecule has 3 nitrogen and oxygen atoms in total. The number of benzene rings is 1. The molecular weight excluding hydrogens is 266 g/mol. The van der Waals surface area contributed by atoms with Gasteiger partial charge in [-0.05, 0) is 29.4 Å². The lowest BCUT2D eigenvalue weighted by atomic mass is 10.2. The Morgan fingerprint density at radius 3 is 2.90 bits per heavy atom. The maximum absolute atomic E-state index is 3.40. The number of thiophene rings is 1. The van der Waals surface area contributed by atoms with Crippen molar-refractivity contribution in [2.45, 2.75) is 6.54 Å². The average molecular weight is 289 g/mol. The number of fused-ring (bicyclic) bond motifs is 1. The van der Waals surface area contributed by atoms with Gasteiger partial charge in [-0.2, -0.15) is 0 Å². The molecule has 2 heterocycles. The molecule has 4 heteroatoms. The zero-order valence-corrected chi connectivity index (χ0v) is 13.0. The Hall–Kier alpha value is -0.940. The molecule has 0 spiro atoms. The van der Waals surface area contributed by atoms with Crippen molar-refractivity contribution in [3.8, 4) is 0 Å². The van der Waals surface area contributed by atoms with Crippen molar-refractivity contribution < 1.29 is 0 Å². The summed E-state index contributed by atoms with van der Waals surface area (Å²) in [6, 6.07) is 8.71. The average Bonchev–Trinajstić information content (AvgIpc) is 2.90. The quantitative estimate of drug-likeness (QED) is 0.911. The molecule has 0 saturated carbocycles. The van der Waals surface area contributed by atoms with Crippen LogP contribution in [0.25, 0.3) is 10.1 Å². The van der Waals surface area contributed by atoms with Crippen molar-refractivity contribution in [2.75, 3.05) is 46.3 Å². The fraction of sp³-hybridized carbons (Fsp3) is 0.500. The van der Waals surface area contributed by atoms with Gasteiger partial charge in [0.2, 0.25) is 0 Å². The van der Waals surface area contributed by atoms with Crippen LogP contribution in [0.1, 0.15) is 5.56 Å². The zero-order chi connectivity index (χ0) is 13.8. The molecule has 1 N–H and O–H groups in total. The molecule has 2 aromatic rings. The summed E-state index contributed by atoms with van der Waals surface area (Å²) in [5.74, 6) is 0. The van der Waals surface area contributed by atoms with Gasteiger partial charge in [0.25, 0.3) is 0 Å². The van der Waals surface area contributed by atoms with Gasteiger partial charge in [-0.15, -0.1) is 11.3 Å². The Bertz CT molecular complexity index is 545. The second-order valence-electron chi connectivity index (χ2n) is 5.59. The lowest BCUT2D eigenvalue weighted by molar-refractivity contribution is 0.202. The minimum Gasteiger partial charge on any atom is -0.314 e. The van der Waals surface area contributed by atoms with Crippen LogP contribution >= 0.6 is 11.3 Å². The van der Waals surface area contributed by atoms with E-state index in [1.165, 1.54) is 35.3 Å². The van der Waals surface area contributed by atoms with E-state index in [2.05, 4.69) is 51.8 Å². The SMILES string of the molecule is CN(CCN1CCNCC1)Cc1csc2ccccc12.